The Kier molecular flexibility index (Phi) is 5.51. The summed E-state index contributed by atoms with van der Waals surface area (Å²) in [6.07, 6.45) is 0. The highest BCUT2D eigenvalue weighted by molar-refractivity contribution is 5.20. The zero-order valence-corrected chi connectivity index (χ0v) is 6.24. The third-order valence-corrected chi connectivity index (χ3v) is 0.968. The Morgan fingerprint density at radius 1 is 1.17 bits per heavy atom. The van der Waals surface area contributed by atoms with Gasteiger partial charge < -0.3 is 9.53 Å². The first kappa shape index (κ1) is 10.6. The molecule has 0 spiro atoms. The van der Waals surface area contributed by atoms with E-state index >= 15 is 0 Å². The highest BCUT2D eigenvalue weighted by Crippen LogP contribution is 2.11. The van der Waals surface area contributed by atoms with Crippen LogP contribution in [0, 0.1) is 0 Å². The number of hydrogen-bond donors (Lipinski definition) is 0. The molecular formula is C8H8F2O2. The lowest BCUT2D eigenvalue weighted by molar-refractivity contribution is -0.0980. The lowest BCUT2D eigenvalue weighted by Gasteiger charge is -2.01. The van der Waals surface area contributed by atoms with Crippen LogP contribution in [0.1, 0.15) is 0 Å². The SMILES string of the molecule is C=O.FC(F)Oc1ccccc1. The topological polar surface area (TPSA) is 26.3 Å². The predicted molar refractivity (Wildman–Crippen MR) is 40.2 cm³/mol. The van der Waals surface area contributed by atoms with Crippen molar-refractivity contribution >= 4 is 6.79 Å². The fraction of sp³-hybridized carbons (Fsp3) is 0.125. The van der Waals surface area contributed by atoms with Gasteiger partial charge in [-0.1, -0.05) is 18.2 Å². The van der Waals surface area contributed by atoms with Gasteiger partial charge in [-0.05, 0) is 12.1 Å². The first-order valence-electron chi connectivity index (χ1n) is 3.08. The van der Waals surface area contributed by atoms with Crippen molar-refractivity contribution in [1.29, 1.82) is 0 Å². The summed E-state index contributed by atoms with van der Waals surface area (Å²) >= 11 is 0. The van der Waals surface area contributed by atoms with Gasteiger partial charge in [0.1, 0.15) is 12.5 Å². The number of ether oxygens (including phenoxy) is 1. The third kappa shape index (κ3) is 4.38. The second kappa shape index (κ2) is 6.27. The van der Waals surface area contributed by atoms with E-state index in [1.165, 1.54) is 12.1 Å². The van der Waals surface area contributed by atoms with Crippen LogP contribution in [0.3, 0.4) is 0 Å². The molecule has 0 amide bonds. The van der Waals surface area contributed by atoms with Crippen molar-refractivity contribution in [3.63, 3.8) is 0 Å². The first-order valence-corrected chi connectivity index (χ1v) is 3.08. The molecule has 1 aromatic carbocycles. The summed E-state index contributed by atoms with van der Waals surface area (Å²) in [7, 11) is 0. The summed E-state index contributed by atoms with van der Waals surface area (Å²) in [5.74, 6) is 0.192. The molecule has 0 saturated carbocycles. The van der Waals surface area contributed by atoms with Crippen LogP contribution in [0.25, 0.3) is 0 Å². The van der Waals surface area contributed by atoms with E-state index in [0.29, 0.717) is 0 Å². The summed E-state index contributed by atoms with van der Waals surface area (Å²) < 4.78 is 27.1. The van der Waals surface area contributed by atoms with Crippen molar-refractivity contribution in [1.82, 2.24) is 0 Å². The second-order valence-electron chi connectivity index (χ2n) is 1.69. The molecule has 1 aromatic rings. The monoisotopic (exact) mass is 174 g/mol. The molecule has 0 radical (unpaired) electrons. The van der Waals surface area contributed by atoms with Gasteiger partial charge in [-0.15, -0.1) is 0 Å². The molecule has 0 heterocycles. The summed E-state index contributed by atoms with van der Waals surface area (Å²) in [4.78, 5) is 8.00. The van der Waals surface area contributed by atoms with Crippen LogP contribution in [0.2, 0.25) is 0 Å². The van der Waals surface area contributed by atoms with Gasteiger partial charge in [0.25, 0.3) is 0 Å². The summed E-state index contributed by atoms with van der Waals surface area (Å²) in [5.41, 5.74) is 0. The minimum absolute atomic E-state index is 0.192. The van der Waals surface area contributed by atoms with Crippen molar-refractivity contribution < 1.29 is 18.3 Å². The first-order chi connectivity index (χ1) is 5.79. The Morgan fingerprint density at radius 2 is 1.67 bits per heavy atom. The van der Waals surface area contributed by atoms with Crippen LogP contribution in [-0.4, -0.2) is 13.4 Å². The average molecular weight is 174 g/mol. The van der Waals surface area contributed by atoms with Crippen molar-refractivity contribution in [2.24, 2.45) is 0 Å². The van der Waals surface area contributed by atoms with Crippen molar-refractivity contribution in [3.05, 3.63) is 30.3 Å². The molecule has 0 saturated heterocycles. The Hall–Kier alpha value is -1.45. The summed E-state index contributed by atoms with van der Waals surface area (Å²) in [5, 5.41) is 0. The maximum atomic E-state index is 11.5. The largest absolute Gasteiger partial charge is 0.435 e. The number of para-hydroxylation sites is 1. The Morgan fingerprint density at radius 3 is 2.08 bits per heavy atom. The van der Waals surface area contributed by atoms with Gasteiger partial charge in [-0.2, -0.15) is 8.78 Å². The molecule has 0 aliphatic carbocycles. The molecule has 0 aliphatic rings. The predicted octanol–water partition coefficient (Wildman–Crippen LogP) is 2.10. The number of hydrogen-bond acceptors (Lipinski definition) is 2. The number of halogens is 2. The second-order valence-corrected chi connectivity index (χ2v) is 1.69. The molecular weight excluding hydrogens is 166 g/mol. The maximum Gasteiger partial charge on any atom is 0.387 e. The zero-order chi connectivity index (χ0) is 9.40. The fourth-order valence-corrected chi connectivity index (χ4v) is 0.602. The van der Waals surface area contributed by atoms with Gasteiger partial charge in [0, 0.05) is 0 Å². The van der Waals surface area contributed by atoms with Crippen LogP contribution in [0.4, 0.5) is 8.78 Å². The molecule has 66 valence electrons. The van der Waals surface area contributed by atoms with E-state index in [-0.39, 0.29) is 5.75 Å². The van der Waals surface area contributed by atoms with Crippen LogP contribution in [-0.2, 0) is 4.79 Å². The lowest BCUT2D eigenvalue weighted by Crippen LogP contribution is -2.00. The van der Waals surface area contributed by atoms with Crippen molar-refractivity contribution in [2.75, 3.05) is 0 Å². The third-order valence-electron chi connectivity index (χ3n) is 0.968. The average Bonchev–Trinajstić information content (AvgIpc) is 2.08. The van der Waals surface area contributed by atoms with Crippen LogP contribution in [0.5, 0.6) is 5.75 Å². The number of benzene rings is 1. The molecule has 0 fully saturated rings. The standard InChI is InChI=1S/C7H6F2O.CH2O/c8-7(9)10-6-4-2-1-3-5-6;1-2/h1-5,7H;1H2. The Bertz CT molecular complexity index is 201. The van der Waals surface area contributed by atoms with Gasteiger partial charge in [-0.3, -0.25) is 0 Å². The fourth-order valence-electron chi connectivity index (χ4n) is 0.602. The normalized spacial score (nSPS) is 8.58. The van der Waals surface area contributed by atoms with E-state index in [0.717, 1.165) is 0 Å². The number of alkyl halides is 2. The zero-order valence-electron chi connectivity index (χ0n) is 6.24. The van der Waals surface area contributed by atoms with E-state index in [2.05, 4.69) is 4.74 Å². The van der Waals surface area contributed by atoms with Crippen LogP contribution < -0.4 is 4.74 Å². The highest BCUT2D eigenvalue weighted by atomic mass is 19.3. The molecule has 0 bridgehead atoms. The van der Waals surface area contributed by atoms with Crippen LogP contribution in [0.15, 0.2) is 30.3 Å². The minimum atomic E-state index is -2.73. The summed E-state index contributed by atoms with van der Waals surface area (Å²) in [6.45, 7) is -0.734. The Balaban J connectivity index is 0.000000561. The molecule has 0 atom stereocenters. The maximum absolute atomic E-state index is 11.5. The molecule has 0 aromatic heterocycles. The van der Waals surface area contributed by atoms with E-state index < -0.39 is 6.61 Å². The van der Waals surface area contributed by atoms with Gasteiger partial charge in [0.15, 0.2) is 0 Å². The van der Waals surface area contributed by atoms with Crippen molar-refractivity contribution in [2.45, 2.75) is 6.61 Å². The van der Waals surface area contributed by atoms with E-state index in [1.807, 2.05) is 6.79 Å². The molecule has 0 unspecified atom stereocenters. The number of carbonyl (C=O) groups is 1. The van der Waals surface area contributed by atoms with Gasteiger partial charge >= 0.3 is 6.61 Å². The van der Waals surface area contributed by atoms with E-state index in [1.54, 1.807) is 18.2 Å². The molecule has 0 aliphatic heterocycles. The molecule has 2 nitrogen and oxygen atoms in total. The quantitative estimate of drug-likeness (QED) is 0.686. The van der Waals surface area contributed by atoms with Crippen LogP contribution >= 0.6 is 0 Å². The minimum Gasteiger partial charge on any atom is -0.435 e. The van der Waals surface area contributed by atoms with Gasteiger partial charge in [0.05, 0.1) is 0 Å². The smallest absolute Gasteiger partial charge is 0.387 e. The Labute approximate surface area is 68.8 Å². The molecule has 0 N–H and O–H groups in total. The lowest BCUT2D eigenvalue weighted by atomic mass is 10.3. The number of carbonyl (C=O) groups excluding carboxylic acids is 1. The van der Waals surface area contributed by atoms with Crippen molar-refractivity contribution in [3.8, 4) is 5.75 Å². The molecule has 12 heavy (non-hydrogen) atoms. The highest BCUT2D eigenvalue weighted by Gasteiger charge is 2.01. The summed E-state index contributed by atoms with van der Waals surface area (Å²) in [6, 6.07) is 7.96. The van der Waals surface area contributed by atoms with Gasteiger partial charge in [0.2, 0.25) is 0 Å². The van der Waals surface area contributed by atoms with E-state index in [9.17, 15) is 8.78 Å². The molecule has 4 heteroatoms. The number of rotatable bonds is 2. The van der Waals surface area contributed by atoms with Gasteiger partial charge in [-0.25, -0.2) is 0 Å². The van der Waals surface area contributed by atoms with E-state index in [4.69, 9.17) is 4.79 Å². The molecule has 1 rings (SSSR count).